The maximum atomic E-state index is 12.6. The number of nitrogens with one attached hydrogen (secondary N) is 2. The molecule has 0 aliphatic carbocycles. The molecule has 2 rings (SSSR count). The van der Waals surface area contributed by atoms with Crippen LogP contribution in [0.15, 0.2) is 46.2 Å². The standard InChI is InChI=1S/C21H28N2O3S2/c1-13(2)23-28(25,26)19-9-7-18(8-10-19)22-21(24)17(6)27-20-15(4)11-14(3)12-16(20)5/h7-13,17,23H,1-6H3,(H,22,24). The van der Waals surface area contributed by atoms with Gasteiger partial charge in [-0.15, -0.1) is 11.8 Å². The quantitative estimate of drug-likeness (QED) is 0.650. The monoisotopic (exact) mass is 420 g/mol. The Bertz CT molecular complexity index is 929. The summed E-state index contributed by atoms with van der Waals surface area (Å²) in [6.45, 7) is 11.6. The summed E-state index contributed by atoms with van der Waals surface area (Å²) < 4.78 is 26.9. The number of hydrogen-bond donors (Lipinski definition) is 2. The first-order valence-electron chi connectivity index (χ1n) is 9.17. The van der Waals surface area contributed by atoms with Crippen LogP contribution in [0.2, 0.25) is 0 Å². The van der Waals surface area contributed by atoms with E-state index in [1.54, 1.807) is 26.0 Å². The van der Waals surface area contributed by atoms with Gasteiger partial charge in [0.25, 0.3) is 0 Å². The largest absolute Gasteiger partial charge is 0.325 e. The Balaban J connectivity index is 2.07. The van der Waals surface area contributed by atoms with Gasteiger partial charge in [0.15, 0.2) is 0 Å². The number of benzene rings is 2. The zero-order valence-electron chi connectivity index (χ0n) is 17.2. The normalized spacial score (nSPS) is 12.8. The fourth-order valence-corrected chi connectivity index (χ4v) is 5.18. The molecule has 0 bridgehead atoms. The molecule has 0 saturated carbocycles. The molecule has 2 N–H and O–H groups in total. The minimum atomic E-state index is -3.54. The lowest BCUT2D eigenvalue weighted by Gasteiger charge is -2.16. The molecule has 2 aromatic carbocycles. The van der Waals surface area contributed by atoms with Crippen LogP contribution in [0.1, 0.15) is 37.5 Å². The number of hydrogen-bond acceptors (Lipinski definition) is 4. The fraction of sp³-hybridized carbons (Fsp3) is 0.381. The third-order valence-electron chi connectivity index (χ3n) is 4.09. The predicted molar refractivity (Wildman–Crippen MR) is 117 cm³/mol. The third-order valence-corrected chi connectivity index (χ3v) is 7.21. The Morgan fingerprint density at radius 3 is 2.00 bits per heavy atom. The van der Waals surface area contributed by atoms with Crippen LogP contribution in [0.25, 0.3) is 0 Å². The summed E-state index contributed by atoms with van der Waals surface area (Å²) in [5, 5.41) is 2.57. The van der Waals surface area contributed by atoms with Gasteiger partial charge in [-0.1, -0.05) is 17.7 Å². The predicted octanol–water partition coefficient (Wildman–Crippen LogP) is 4.42. The number of rotatable bonds is 7. The molecule has 0 spiro atoms. The number of sulfonamides is 1. The van der Waals surface area contributed by atoms with Gasteiger partial charge in [-0.3, -0.25) is 4.79 Å². The van der Waals surface area contributed by atoms with Gasteiger partial charge in [-0.05, 0) is 76.9 Å². The first-order valence-corrected chi connectivity index (χ1v) is 11.5. The Morgan fingerprint density at radius 2 is 1.50 bits per heavy atom. The van der Waals surface area contributed by atoms with Crippen LogP contribution in [0, 0.1) is 20.8 Å². The van der Waals surface area contributed by atoms with E-state index in [4.69, 9.17) is 0 Å². The lowest BCUT2D eigenvalue weighted by atomic mass is 10.1. The van der Waals surface area contributed by atoms with Crippen molar-refractivity contribution >= 4 is 33.4 Å². The van der Waals surface area contributed by atoms with Crippen molar-refractivity contribution in [1.29, 1.82) is 0 Å². The maximum Gasteiger partial charge on any atom is 0.240 e. The highest BCUT2D eigenvalue weighted by Gasteiger charge is 2.18. The molecular weight excluding hydrogens is 392 g/mol. The smallest absolute Gasteiger partial charge is 0.240 e. The van der Waals surface area contributed by atoms with Gasteiger partial charge in [-0.2, -0.15) is 0 Å². The second-order valence-corrected chi connectivity index (χ2v) is 10.3. The second-order valence-electron chi connectivity index (χ2n) is 7.28. The van der Waals surface area contributed by atoms with Crippen molar-refractivity contribution in [2.24, 2.45) is 0 Å². The summed E-state index contributed by atoms with van der Waals surface area (Å²) in [6, 6.07) is 10.2. The first-order chi connectivity index (χ1) is 13.0. The van der Waals surface area contributed by atoms with Gasteiger partial charge in [0.1, 0.15) is 0 Å². The van der Waals surface area contributed by atoms with Crippen LogP contribution in [0.4, 0.5) is 5.69 Å². The molecule has 0 aromatic heterocycles. The zero-order valence-corrected chi connectivity index (χ0v) is 18.8. The number of amides is 1. The molecule has 0 aliphatic heterocycles. The summed E-state index contributed by atoms with van der Waals surface area (Å²) in [5.74, 6) is -0.125. The molecule has 0 fully saturated rings. The molecule has 0 radical (unpaired) electrons. The van der Waals surface area contributed by atoms with Gasteiger partial charge in [-0.25, -0.2) is 13.1 Å². The molecule has 2 aromatic rings. The van der Waals surface area contributed by atoms with E-state index in [9.17, 15) is 13.2 Å². The van der Waals surface area contributed by atoms with Crippen LogP contribution in [-0.4, -0.2) is 25.6 Å². The average Bonchev–Trinajstić information content (AvgIpc) is 2.57. The first kappa shape index (κ1) is 22.5. The van der Waals surface area contributed by atoms with Crippen molar-refractivity contribution in [2.75, 3.05) is 5.32 Å². The summed E-state index contributed by atoms with van der Waals surface area (Å²) in [6.07, 6.45) is 0. The average molecular weight is 421 g/mol. The van der Waals surface area contributed by atoms with E-state index in [1.807, 2.05) is 6.92 Å². The van der Waals surface area contributed by atoms with Gasteiger partial charge in [0.05, 0.1) is 10.1 Å². The Morgan fingerprint density at radius 1 is 0.964 bits per heavy atom. The van der Waals surface area contributed by atoms with Gasteiger partial charge in [0.2, 0.25) is 15.9 Å². The van der Waals surface area contributed by atoms with E-state index < -0.39 is 10.0 Å². The molecule has 28 heavy (non-hydrogen) atoms. The molecule has 0 aliphatic rings. The Hall–Kier alpha value is -1.83. The Kier molecular flexibility index (Phi) is 7.31. The summed E-state index contributed by atoms with van der Waals surface area (Å²) in [4.78, 5) is 13.9. The summed E-state index contributed by atoms with van der Waals surface area (Å²) in [7, 11) is -3.54. The lowest BCUT2D eigenvalue weighted by Crippen LogP contribution is -2.30. The molecular formula is C21H28N2O3S2. The summed E-state index contributed by atoms with van der Waals surface area (Å²) >= 11 is 1.53. The Labute approximate surface area is 172 Å². The van der Waals surface area contributed by atoms with E-state index >= 15 is 0 Å². The van der Waals surface area contributed by atoms with Crippen molar-refractivity contribution in [3.63, 3.8) is 0 Å². The SMILES string of the molecule is Cc1cc(C)c(SC(C)C(=O)Nc2ccc(S(=O)(=O)NC(C)C)cc2)c(C)c1. The topological polar surface area (TPSA) is 75.3 Å². The van der Waals surface area contributed by atoms with Crippen LogP contribution < -0.4 is 10.0 Å². The number of anilines is 1. The lowest BCUT2D eigenvalue weighted by molar-refractivity contribution is -0.115. The summed E-state index contributed by atoms with van der Waals surface area (Å²) in [5.41, 5.74) is 4.10. The minimum absolute atomic E-state index is 0.125. The van der Waals surface area contributed by atoms with Crippen LogP contribution in [0.3, 0.4) is 0 Å². The van der Waals surface area contributed by atoms with Crippen molar-refractivity contribution in [3.8, 4) is 0 Å². The van der Waals surface area contributed by atoms with E-state index in [0.717, 1.165) is 16.0 Å². The fourth-order valence-electron chi connectivity index (χ4n) is 2.92. The molecule has 5 nitrogen and oxygen atoms in total. The number of aryl methyl sites for hydroxylation is 3. The van der Waals surface area contributed by atoms with Crippen molar-refractivity contribution in [2.45, 2.75) is 62.6 Å². The highest BCUT2D eigenvalue weighted by molar-refractivity contribution is 8.00. The molecule has 152 valence electrons. The zero-order chi connectivity index (χ0) is 21.1. The highest BCUT2D eigenvalue weighted by Crippen LogP contribution is 2.31. The number of carbonyl (C=O) groups excluding carboxylic acids is 1. The van der Waals surface area contributed by atoms with Crippen molar-refractivity contribution in [3.05, 3.63) is 53.1 Å². The van der Waals surface area contributed by atoms with Crippen molar-refractivity contribution in [1.82, 2.24) is 4.72 Å². The molecule has 1 unspecified atom stereocenters. The molecule has 1 atom stereocenters. The number of thioether (sulfide) groups is 1. The maximum absolute atomic E-state index is 12.6. The number of carbonyl (C=O) groups is 1. The van der Waals surface area contributed by atoms with Crippen LogP contribution in [-0.2, 0) is 14.8 Å². The van der Waals surface area contributed by atoms with Crippen LogP contribution >= 0.6 is 11.8 Å². The van der Waals surface area contributed by atoms with Gasteiger partial charge in [0, 0.05) is 16.6 Å². The minimum Gasteiger partial charge on any atom is -0.325 e. The molecule has 1 amide bonds. The van der Waals surface area contributed by atoms with E-state index in [-0.39, 0.29) is 22.1 Å². The van der Waals surface area contributed by atoms with E-state index in [2.05, 4.69) is 42.9 Å². The van der Waals surface area contributed by atoms with E-state index in [0.29, 0.717) is 5.69 Å². The van der Waals surface area contributed by atoms with Gasteiger partial charge >= 0.3 is 0 Å². The molecule has 0 saturated heterocycles. The van der Waals surface area contributed by atoms with Crippen LogP contribution in [0.5, 0.6) is 0 Å². The van der Waals surface area contributed by atoms with E-state index in [1.165, 1.54) is 29.5 Å². The van der Waals surface area contributed by atoms with Crippen molar-refractivity contribution < 1.29 is 13.2 Å². The molecule has 7 heteroatoms. The molecule has 0 heterocycles. The highest BCUT2D eigenvalue weighted by atomic mass is 32.2. The third kappa shape index (κ3) is 5.83. The van der Waals surface area contributed by atoms with Gasteiger partial charge < -0.3 is 5.32 Å². The second kappa shape index (κ2) is 9.11.